The molecule has 4 nitrogen and oxygen atoms in total. The van der Waals surface area contributed by atoms with Crippen LogP contribution in [0.5, 0.6) is 0 Å². The summed E-state index contributed by atoms with van der Waals surface area (Å²) in [6.45, 7) is 0. The highest BCUT2D eigenvalue weighted by Gasteiger charge is 2.17. The largest absolute Gasteiger partial charge is 0.366 e. The van der Waals surface area contributed by atoms with E-state index in [1.54, 1.807) is 30.2 Å². The maximum absolute atomic E-state index is 12.2. The van der Waals surface area contributed by atoms with Gasteiger partial charge in [-0.15, -0.1) is 11.8 Å². The Bertz CT molecular complexity index is 1160. The Hall–Kier alpha value is -3.18. The Balaban J connectivity index is 2.04. The number of nitrogens with two attached hydrogens (primary N) is 1. The van der Waals surface area contributed by atoms with Crippen molar-refractivity contribution in [2.45, 2.75) is 4.90 Å². The Morgan fingerprint density at radius 1 is 0.889 bits per heavy atom. The number of fused-ring (bicyclic) bond motifs is 1. The molecule has 3 aromatic carbocycles. The summed E-state index contributed by atoms with van der Waals surface area (Å²) in [7, 11) is 0. The van der Waals surface area contributed by atoms with E-state index in [0.29, 0.717) is 5.56 Å². The second-order valence-corrected chi connectivity index (χ2v) is 6.97. The monoisotopic (exact) mass is 371 g/mol. The fourth-order valence-corrected chi connectivity index (χ4v) is 3.92. The van der Waals surface area contributed by atoms with Crippen molar-refractivity contribution in [3.8, 4) is 22.3 Å². The predicted octanol–water partition coefficient (Wildman–Crippen LogP) is 4.78. The molecule has 1 heterocycles. The van der Waals surface area contributed by atoms with E-state index in [1.807, 2.05) is 48.7 Å². The summed E-state index contributed by atoms with van der Waals surface area (Å²) < 4.78 is 0. The number of thioether (sulfide) groups is 1. The quantitative estimate of drug-likeness (QED) is 0.524. The third kappa shape index (κ3) is 3.17. The van der Waals surface area contributed by atoms with Crippen LogP contribution in [-0.4, -0.2) is 22.4 Å². The Labute approximate surface area is 161 Å². The lowest BCUT2D eigenvalue weighted by molar-refractivity contribution is 0.100. The molecule has 4 aromatic rings. The topological polar surface area (TPSA) is 68.9 Å². The number of carbonyl (C=O) groups is 1. The molecular formula is C22H17N3OS. The normalized spacial score (nSPS) is 10.9. The average Bonchev–Trinajstić information content (AvgIpc) is 2.72. The van der Waals surface area contributed by atoms with Gasteiger partial charge in [0, 0.05) is 26.8 Å². The van der Waals surface area contributed by atoms with E-state index in [0.717, 1.165) is 37.9 Å². The number of amides is 1. The van der Waals surface area contributed by atoms with Crippen LogP contribution in [0.2, 0.25) is 0 Å². The molecule has 0 aliphatic carbocycles. The Kier molecular flexibility index (Phi) is 4.60. The molecule has 0 saturated carbocycles. The zero-order valence-corrected chi connectivity index (χ0v) is 15.5. The first kappa shape index (κ1) is 17.2. The molecule has 2 N–H and O–H groups in total. The van der Waals surface area contributed by atoms with Gasteiger partial charge >= 0.3 is 0 Å². The summed E-state index contributed by atoms with van der Waals surface area (Å²) in [6.07, 6.45) is 5.50. The van der Waals surface area contributed by atoms with Crippen LogP contribution >= 0.6 is 11.8 Å². The molecule has 0 radical (unpaired) electrons. The summed E-state index contributed by atoms with van der Waals surface area (Å²) in [4.78, 5) is 13.3. The van der Waals surface area contributed by atoms with Crippen molar-refractivity contribution in [3.63, 3.8) is 0 Å². The number of benzene rings is 3. The molecule has 5 heteroatoms. The van der Waals surface area contributed by atoms with Crippen LogP contribution in [0.15, 0.2) is 78.0 Å². The lowest BCUT2D eigenvalue weighted by Gasteiger charge is -2.16. The molecule has 132 valence electrons. The number of hydrogen-bond donors (Lipinski definition) is 1. The van der Waals surface area contributed by atoms with Crippen LogP contribution in [0.1, 0.15) is 10.4 Å². The van der Waals surface area contributed by atoms with E-state index in [2.05, 4.69) is 22.3 Å². The highest BCUT2D eigenvalue weighted by molar-refractivity contribution is 7.98. The summed E-state index contributed by atoms with van der Waals surface area (Å²) in [5.74, 6) is -0.443. The fourth-order valence-electron chi connectivity index (χ4n) is 3.31. The van der Waals surface area contributed by atoms with E-state index in [1.165, 1.54) is 0 Å². The van der Waals surface area contributed by atoms with Crippen LogP contribution in [0.4, 0.5) is 0 Å². The molecule has 0 spiro atoms. The first-order valence-electron chi connectivity index (χ1n) is 8.46. The number of nitrogens with zero attached hydrogens (tertiary/aromatic N) is 2. The van der Waals surface area contributed by atoms with Gasteiger partial charge in [-0.1, -0.05) is 42.5 Å². The maximum Gasteiger partial charge on any atom is 0.249 e. The van der Waals surface area contributed by atoms with Gasteiger partial charge in [-0.2, -0.15) is 10.2 Å². The van der Waals surface area contributed by atoms with Gasteiger partial charge in [0.15, 0.2) is 0 Å². The van der Waals surface area contributed by atoms with Crippen LogP contribution in [0.25, 0.3) is 33.0 Å². The van der Waals surface area contributed by atoms with E-state index < -0.39 is 5.91 Å². The van der Waals surface area contributed by atoms with Crippen molar-refractivity contribution in [3.05, 3.63) is 78.6 Å². The van der Waals surface area contributed by atoms with Gasteiger partial charge in [0.05, 0.1) is 12.4 Å². The number of rotatable bonds is 4. The molecule has 0 saturated heterocycles. The van der Waals surface area contributed by atoms with E-state index >= 15 is 0 Å². The standard InChI is InChI=1S/C22H17N3OS/c1-27-20-8-3-2-5-17(20)18-6-4-7-19(22(23)26)21(18)14-9-10-15-12-24-25-13-16(15)11-14/h2-13H,1H3,(H2,23,26). The Morgan fingerprint density at radius 2 is 1.63 bits per heavy atom. The van der Waals surface area contributed by atoms with Crippen molar-refractivity contribution in [2.75, 3.05) is 6.26 Å². The third-order valence-corrected chi connectivity index (χ3v) is 5.36. The van der Waals surface area contributed by atoms with Gasteiger partial charge in [0.1, 0.15) is 0 Å². The van der Waals surface area contributed by atoms with Gasteiger partial charge < -0.3 is 5.73 Å². The van der Waals surface area contributed by atoms with Crippen LogP contribution in [0, 0.1) is 0 Å². The number of aromatic nitrogens is 2. The van der Waals surface area contributed by atoms with Crippen molar-refractivity contribution < 1.29 is 4.79 Å². The van der Waals surface area contributed by atoms with Crippen molar-refractivity contribution in [2.24, 2.45) is 5.73 Å². The Morgan fingerprint density at radius 3 is 2.41 bits per heavy atom. The number of hydrogen-bond acceptors (Lipinski definition) is 4. The highest BCUT2D eigenvalue weighted by atomic mass is 32.2. The van der Waals surface area contributed by atoms with Gasteiger partial charge in [0.2, 0.25) is 5.91 Å². The summed E-state index contributed by atoms with van der Waals surface area (Å²) in [5, 5.41) is 9.85. The predicted molar refractivity (Wildman–Crippen MR) is 111 cm³/mol. The zero-order chi connectivity index (χ0) is 18.8. The third-order valence-electron chi connectivity index (χ3n) is 4.56. The molecular weight excluding hydrogens is 354 g/mol. The van der Waals surface area contributed by atoms with E-state index in [4.69, 9.17) is 5.73 Å². The molecule has 1 aromatic heterocycles. The van der Waals surface area contributed by atoms with Crippen molar-refractivity contribution in [1.29, 1.82) is 0 Å². The fraction of sp³-hybridized carbons (Fsp3) is 0.0455. The van der Waals surface area contributed by atoms with Gasteiger partial charge in [-0.25, -0.2) is 0 Å². The lowest BCUT2D eigenvalue weighted by atomic mass is 9.89. The van der Waals surface area contributed by atoms with Crippen LogP contribution in [-0.2, 0) is 0 Å². The smallest absolute Gasteiger partial charge is 0.249 e. The van der Waals surface area contributed by atoms with Crippen LogP contribution in [0.3, 0.4) is 0 Å². The second kappa shape index (κ2) is 7.21. The number of carbonyl (C=O) groups excluding carboxylic acids is 1. The molecule has 0 bridgehead atoms. The minimum Gasteiger partial charge on any atom is -0.366 e. The molecule has 0 atom stereocenters. The summed E-state index contributed by atoms with van der Waals surface area (Å²) >= 11 is 1.68. The summed E-state index contributed by atoms with van der Waals surface area (Å²) in [5.41, 5.74) is 10.0. The first-order chi connectivity index (χ1) is 13.2. The maximum atomic E-state index is 12.2. The number of primary amides is 1. The first-order valence-corrected chi connectivity index (χ1v) is 9.68. The van der Waals surface area contributed by atoms with Crippen molar-refractivity contribution in [1.82, 2.24) is 10.2 Å². The SMILES string of the molecule is CSc1ccccc1-c1cccc(C(N)=O)c1-c1ccc2cnncc2c1. The molecule has 0 fully saturated rings. The highest BCUT2D eigenvalue weighted by Crippen LogP contribution is 2.39. The van der Waals surface area contributed by atoms with Crippen molar-refractivity contribution >= 4 is 28.4 Å². The van der Waals surface area contributed by atoms with E-state index in [-0.39, 0.29) is 0 Å². The zero-order valence-electron chi connectivity index (χ0n) is 14.7. The second-order valence-electron chi connectivity index (χ2n) is 6.13. The van der Waals surface area contributed by atoms with Gasteiger partial charge in [-0.3, -0.25) is 4.79 Å². The minimum atomic E-state index is -0.443. The van der Waals surface area contributed by atoms with Gasteiger partial charge in [0.25, 0.3) is 0 Å². The average molecular weight is 371 g/mol. The summed E-state index contributed by atoms with van der Waals surface area (Å²) in [6, 6.07) is 19.9. The van der Waals surface area contributed by atoms with E-state index in [9.17, 15) is 4.79 Å². The molecule has 27 heavy (non-hydrogen) atoms. The van der Waals surface area contributed by atoms with Crippen LogP contribution < -0.4 is 5.73 Å². The lowest BCUT2D eigenvalue weighted by Crippen LogP contribution is -2.13. The van der Waals surface area contributed by atoms with Gasteiger partial charge in [-0.05, 0) is 41.1 Å². The molecule has 0 unspecified atom stereocenters. The molecule has 1 amide bonds. The molecule has 0 aliphatic rings. The molecule has 0 aliphatic heterocycles. The minimum absolute atomic E-state index is 0.443. The molecule has 4 rings (SSSR count).